The Bertz CT molecular complexity index is 1000. The second-order valence-corrected chi connectivity index (χ2v) is 8.83. The van der Waals surface area contributed by atoms with Crippen molar-refractivity contribution in [3.8, 4) is 5.75 Å². The fourth-order valence-corrected chi connectivity index (χ4v) is 3.66. The number of benzene rings is 2. The van der Waals surface area contributed by atoms with Crippen LogP contribution in [-0.2, 0) is 14.8 Å². The van der Waals surface area contributed by atoms with Crippen LogP contribution in [0.5, 0.6) is 5.75 Å². The molecule has 0 fully saturated rings. The SMILES string of the molecule is CCOc1ccc(NC(=O)/C=C/c2cc(Cl)ccc2Cl)cc1S(=O)(=O)N(C)C. The van der Waals surface area contributed by atoms with Gasteiger partial charge in [0, 0.05) is 35.9 Å². The molecule has 0 aliphatic heterocycles. The van der Waals surface area contributed by atoms with E-state index in [2.05, 4.69) is 5.32 Å². The van der Waals surface area contributed by atoms with E-state index < -0.39 is 15.9 Å². The van der Waals surface area contributed by atoms with Crippen molar-refractivity contribution in [2.75, 3.05) is 26.0 Å². The Morgan fingerprint density at radius 1 is 1.18 bits per heavy atom. The van der Waals surface area contributed by atoms with Crippen LogP contribution in [0.25, 0.3) is 6.08 Å². The van der Waals surface area contributed by atoms with Crippen molar-refractivity contribution in [3.05, 3.63) is 58.1 Å². The smallest absolute Gasteiger partial charge is 0.248 e. The third-order valence-corrected chi connectivity index (χ3v) is 6.06. The first kappa shape index (κ1) is 22.2. The molecule has 0 unspecified atom stereocenters. The van der Waals surface area contributed by atoms with Crippen LogP contribution >= 0.6 is 23.2 Å². The van der Waals surface area contributed by atoms with Crippen molar-refractivity contribution in [2.45, 2.75) is 11.8 Å². The van der Waals surface area contributed by atoms with Crippen LogP contribution in [0.1, 0.15) is 12.5 Å². The molecule has 0 heterocycles. The summed E-state index contributed by atoms with van der Waals surface area (Å²) in [6.45, 7) is 2.07. The van der Waals surface area contributed by atoms with E-state index >= 15 is 0 Å². The lowest BCUT2D eigenvalue weighted by Crippen LogP contribution is -2.23. The lowest BCUT2D eigenvalue weighted by atomic mass is 10.2. The molecular weight excluding hydrogens is 423 g/mol. The number of hydrogen-bond donors (Lipinski definition) is 1. The summed E-state index contributed by atoms with van der Waals surface area (Å²) in [5.41, 5.74) is 0.905. The maximum atomic E-state index is 12.5. The van der Waals surface area contributed by atoms with Gasteiger partial charge in [-0.25, -0.2) is 12.7 Å². The Labute approximate surface area is 174 Å². The zero-order valence-electron chi connectivity index (χ0n) is 15.6. The number of carbonyl (C=O) groups excluding carboxylic acids is 1. The van der Waals surface area contributed by atoms with E-state index in [0.29, 0.717) is 27.9 Å². The zero-order chi connectivity index (χ0) is 20.9. The summed E-state index contributed by atoms with van der Waals surface area (Å²) in [5, 5.41) is 3.57. The summed E-state index contributed by atoms with van der Waals surface area (Å²) >= 11 is 12.0. The maximum absolute atomic E-state index is 12.5. The number of halogens is 2. The van der Waals surface area contributed by atoms with Gasteiger partial charge in [0.25, 0.3) is 0 Å². The van der Waals surface area contributed by atoms with Crippen molar-refractivity contribution in [1.82, 2.24) is 4.31 Å². The first-order chi connectivity index (χ1) is 13.1. The summed E-state index contributed by atoms with van der Waals surface area (Å²) in [6, 6.07) is 9.34. The highest BCUT2D eigenvalue weighted by molar-refractivity contribution is 7.89. The van der Waals surface area contributed by atoms with Gasteiger partial charge in [-0.1, -0.05) is 23.2 Å². The molecule has 0 aliphatic rings. The molecule has 150 valence electrons. The Kier molecular flexibility index (Phi) is 7.48. The standard InChI is InChI=1S/C19H20Cl2N2O4S/c1-4-27-17-9-7-15(12-18(17)28(25,26)23(2)3)22-19(24)10-5-13-11-14(20)6-8-16(13)21/h5-12H,4H2,1-3H3,(H,22,24)/b10-5+. The normalized spacial score (nSPS) is 11.8. The zero-order valence-corrected chi connectivity index (χ0v) is 17.9. The van der Waals surface area contributed by atoms with Crippen LogP contribution in [0, 0.1) is 0 Å². The molecule has 0 aliphatic carbocycles. The molecule has 2 aromatic rings. The average molecular weight is 443 g/mol. The fraction of sp³-hybridized carbons (Fsp3) is 0.211. The number of amides is 1. The Morgan fingerprint density at radius 3 is 2.54 bits per heavy atom. The molecule has 2 rings (SSSR count). The van der Waals surface area contributed by atoms with Crippen LogP contribution in [0.15, 0.2) is 47.4 Å². The fourth-order valence-electron chi connectivity index (χ4n) is 2.25. The highest BCUT2D eigenvalue weighted by Gasteiger charge is 2.23. The molecule has 0 bridgehead atoms. The quantitative estimate of drug-likeness (QED) is 0.648. The predicted octanol–water partition coefficient (Wildman–Crippen LogP) is 4.29. The monoisotopic (exact) mass is 442 g/mol. The number of ether oxygens (including phenoxy) is 1. The van der Waals surface area contributed by atoms with E-state index in [0.717, 1.165) is 4.31 Å². The largest absolute Gasteiger partial charge is 0.492 e. The summed E-state index contributed by atoms with van der Waals surface area (Å²) in [5.74, 6) is -0.233. The minimum absolute atomic E-state index is 0.0287. The highest BCUT2D eigenvalue weighted by atomic mass is 35.5. The van der Waals surface area contributed by atoms with E-state index in [-0.39, 0.29) is 10.6 Å². The second-order valence-electron chi connectivity index (χ2n) is 5.87. The van der Waals surface area contributed by atoms with Gasteiger partial charge in [0.15, 0.2) is 0 Å². The van der Waals surface area contributed by atoms with Crippen molar-refractivity contribution in [1.29, 1.82) is 0 Å². The number of sulfonamides is 1. The molecule has 1 amide bonds. The Morgan fingerprint density at radius 2 is 1.89 bits per heavy atom. The number of nitrogens with zero attached hydrogens (tertiary/aromatic N) is 1. The minimum Gasteiger partial charge on any atom is -0.492 e. The highest BCUT2D eigenvalue weighted by Crippen LogP contribution is 2.29. The molecule has 0 aromatic heterocycles. The van der Waals surface area contributed by atoms with E-state index in [1.54, 1.807) is 31.2 Å². The van der Waals surface area contributed by atoms with E-state index in [4.69, 9.17) is 27.9 Å². The van der Waals surface area contributed by atoms with Crippen LogP contribution in [-0.4, -0.2) is 39.3 Å². The van der Waals surface area contributed by atoms with Gasteiger partial charge in [0.1, 0.15) is 10.6 Å². The van der Waals surface area contributed by atoms with Crippen molar-refractivity contribution < 1.29 is 17.9 Å². The maximum Gasteiger partial charge on any atom is 0.248 e. The molecule has 9 heteroatoms. The molecule has 0 saturated heterocycles. The van der Waals surface area contributed by atoms with E-state index in [1.807, 2.05) is 0 Å². The number of anilines is 1. The molecular formula is C19H20Cl2N2O4S. The van der Waals surface area contributed by atoms with Crippen molar-refractivity contribution >= 4 is 50.9 Å². The van der Waals surface area contributed by atoms with Crippen LogP contribution < -0.4 is 10.1 Å². The van der Waals surface area contributed by atoms with Gasteiger partial charge >= 0.3 is 0 Å². The number of carbonyl (C=O) groups is 1. The Hall–Kier alpha value is -2.06. The van der Waals surface area contributed by atoms with E-state index in [9.17, 15) is 13.2 Å². The number of rotatable bonds is 7. The van der Waals surface area contributed by atoms with Gasteiger partial charge in [-0.15, -0.1) is 0 Å². The molecule has 2 aromatic carbocycles. The molecule has 0 spiro atoms. The summed E-state index contributed by atoms with van der Waals surface area (Å²) in [6.07, 6.45) is 2.81. The van der Waals surface area contributed by atoms with Gasteiger partial charge < -0.3 is 10.1 Å². The van der Waals surface area contributed by atoms with E-state index in [1.165, 1.54) is 38.4 Å². The number of nitrogens with one attached hydrogen (secondary N) is 1. The molecule has 0 radical (unpaired) electrons. The second kappa shape index (κ2) is 9.43. The third kappa shape index (κ3) is 5.48. The lowest BCUT2D eigenvalue weighted by Gasteiger charge is -2.16. The Balaban J connectivity index is 2.27. The first-order valence-electron chi connectivity index (χ1n) is 8.28. The topological polar surface area (TPSA) is 75.7 Å². The number of hydrogen-bond acceptors (Lipinski definition) is 4. The lowest BCUT2D eigenvalue weighted by molar-refractivity contribution is -0.111. The van der Waals surface area contributed by atoms with Crippen LogP contribution in [0.4, 0.5) is 5.69 Å². The third-order valence-electron chi connectivity index (χ3n) is 3.64. The molecule has 0 saturated carbocycles. The van der Waals surface area contributed by atoms with Gasteiger partial charge in [0.05, 0.1) is 6.61 Å². The predicted molar refractivity (Wildman–Crippen MR) is 113 cm³/mol. The van der Waals surface area contributed by atoms with Gasteiger partial charge in [-0.05, 0) is 55.0 Å². The van der Waals surface area contributed by atoms with Gasteiger partial charge in [-0.3, -0.25) is 4.79 Å². The average Bonchev–Trinajstić information content (AvgIpc) is 2.63. The van der Waals surface area contributed by atoms with Crippen LogP contribution in [0.3, 0.4) is 0 Å². The summed E-state index contributed by atoms with van der Waals surface area (Å²) < 4.78 is 31.6. The summed E-state index contributed by atoms with van der Waals surface area (Å²) in [7, 11) is -0.898. The van der Waals surface area contributed by atoms with Crippen molar-refractivity contribution in [2.24, 2.45) is 0 Å². The molecule has 6 nitrogen and oxygen atoms in total. The summed E-state index contributed by atoms with van der Waals surface area (Å²) in [4.78, 5) is 12.2. The molecule has 28 heavy (non-hydrogen) atoms. The van der Waals surface area contributed by atoms with Gasteiger partial charge in [0.2, 0.25) is 15.9 Å². The van der Waals surface area contributed by atoms with Crippen molar-refractivity contribution in [3.63, 3.8) is 0 Å². The first-order valence-corrected chi connectivity index (χ1v) is 10.5. The molecule has 0 atom stereocenters. The minimum atomic E-state index is -3.75. The molecule has 1 N–H and O–H groups in total. The van der Waals surface area contributed by atoms with Crippen LogP contribution in [0.2, 0.25) is 10.0 Å². The van der Waals surface area contributed by atoms with Gasteiger partial charge in [-0.2, -0.15) is 0 Å².